The second kappa shape index (κ2) is 9.39. The summed E-state index contributed by atoms with van der Waals surface area (Å²) in [5, 5.41) is 1.13. The van der Waals surface area contributed by atoms with Crippen molar-refractivity contribution in [2.45, 2.75) is 19.4 Å². The van der Waals surface area contributed by atoms with Gasteiger partial charge in [-0.2, -0.15) is 0 Å². The van der Waals surface area contributed by atoms with E-state index in [2.05, 4.69) is 27.8 Å². The number of likely N-dealkylation sites (tertiary alicyclic amines) is 1. The highest BCUT2D eigenvalue weighted by Gasteiger charge is 2.26. The number of nitrogens with two attached hydrogens (primary N) is 1. The van der Waals surface area contributed by atoms with E-state index in [4.69, 9.17) is 27.4 Å². The summed E-state index contributed by atoms with van der Waals surface area (Å²) < 4.78 is 13.5. The fourth-order valence-electron chi connectivity index (χ4n) is 4.13. The Morgan fingerprint density at radius 1 is 1.10 bits per heavy atom. The van der Waals surface area contributed by atoms with E-state index < -0.39 is 0 Å². The molecule has 1 aliphatic rings. The minimum Gasteiger partial charge on any atom is -0.493 e. The second-order valence-electron chi connectivity index (χ2n) is 7.72. The van der Waals surface area contributed by atoms with Gasteiger partial charge in [0.25, 0.3) is 0 Å². The van der Waals surface area contributed by atoms with Gasteiger partial charge in [-0.15, -0.1) is 0 Å². The van der Waals surface area contributed by atoms with Crippen molar-refractivity contribution in [1.29, 1.82) is 0 Å². The summed E-state index contributed by atoms with van der Waals surface area (Å²) in [6, 6.07) is 15.9. The first-order valence-electron chi connectivity index (χ1n) is 10.5. The van der Waals surface area contributed by atoms with Gasteiger partial charge in [-0.3, -0.25) is 4.79 Å². The van der Waals surface area contributed by atoms with Gasteiger partial charge in [0, 0.05) is 41.7 Å². The van der Waals surface area contributed by atoms with Gasteiger partial charge in [-0.05, 0) is 31.0 Å². The number of ether oxygens (including phenoxy) is 2. The Morgan fingerprint density at radius 2 is 1.77 bits per heavy atom. The van der Waals surface area contributed by atoms with E-state index in [1.165, 1.54) is 0 Å². The van der Waals surface area contributed by atoms with Gasteiger partial charge in [-0.1, -0.05) is 42.5 Å². The summed E-state index contributed by atoms with van der Waals surface area (Å²) in [7, 11) is 1.64. The molecule has 3 aromatic rings. The zero-order valence-corrected chi connectivity index (χ0v) is 18.4. The van der Waals surface area contributed by atoms with Crippen LogP contribution in [0.1, 0.15) is 18.4 Å². The zero-order chi connectivity index (χ0) is 21.8. The molecule has 2 aromatic carbocycles. The summed E-state index contributed by atoms with van der Waals surface area (Å²) in [4.78, 5) is 14.5. The van der Waals surface area contributed by atoms with Gasteiger partial charge in [-0.25, -0.2) is 0 Å². The molecule has 1 fully saturated rings. The highest BCUT2D eigenvalue weighted by Crippen LogP contribution is 2.28. The van der Waals surface area contributed by atoms with Crippen LogP contribution in [0.15, 0.2) is 54.7 Å². The van der Waals surface area contributed by atoms with Crippen molar-refractivity contribution < 1.29 is 14.3 Å². The van der Waals surface area contributed by atoms with Gasteiger partial charge in [0.05, 0.1) is 13.7 Å². The average molecular weight is 438 g/mol. The van der Waals surface area contributed by atoms with Crippen LogP contribution in [-0.4, -0.2) is 47.2 Å². The third-order valence-electron chi connectivity index (χ3n) is 5.86. The van der Waals surface area contributed by atoms with Crippen molar-refractivity contribution in [1.82, 2.24) is 9.47 Å². The molecule has 0 aliphatic carbocycles. The van der Waals surface area contributed by atoms with Crippen LogP contribution < -0.4 is 15.2 Å². The Hall–Kier alpha value is -3.06. The van der Waals surface area contributed by atoms with E-state index in [-0.39, 0.29) is 11.8 Å². The van der Waals surface area contributed by atoms with Crippen LogP contribution in [0, 0.1) is 5.92 Å². The first-order valence-corrected chi connectivity index (χ1v) is 10.9. The number of carbonyl (C=O) groups is 1. The third-order valence-corrected chi connectivity index (χ3v) is 6.34. The number of benzene rings is 2. The molecule has 7 heteroatoms. The van der Waals surface area contributed by atoms with Crippen LogP contribution in [0.4, 0.5) is 0 Å². The molecule has 1 aromatic heterocycles. The minimum absolute atomic E-state index is 0.0486. The molecule has 1 saturated heterocycles. The molecule has 0 radical (unpaired) electrons. The molecule has 0 bridgehead atoms. The van der Waals surface area contributed by atoms with E-state index in [0.29, 0.717) is 13.2 Å². The number of nitrogens with zero attached hydrogens (tertiary/aromatic N) is 2. The van der Waals surface area contributed by atoms with Crippen molar-refractivity contribution in [3.05, 3.63) is 60.3 Å². The molecule has 2 N–H and O–H groups in total. The highest BCUT2D eigenvalue weighted by molar-refractivity contribution is 7.80. The smallest absolute Gasteiger partial charge is 0.220 e. The van der Waals surface area contributed by atoms with Gasteiger partial charge in [0.2, 0.25) is 5.91 Å². The molecule has 0 spiro atoms. The lowest BCUT2D eigenvalue weighted by atomic mass is 9.96. The van der Waals surface area contributed by atoms with Crippen LogP contribution in [0.25, 0.3) is 10.9 Å². The fourth-order valence-corrected chi connectivity index (χ4v) is 4.48. The molecule has 1 amide bonds. The van der Waals surface area contributed by atoms with Crippen LogP contribution in [0.5, 0.6) is 11.5 Å². The minimum atomic E-state index is -0.211. The fraction of sp³-hybridized carbons (Fsp3) is 0.333. The summed E-state index contributed by atoms with van der Waals surface area (Å²) in [5.74, 6) is 1.19. The maximum Gasteiger partial charge on any atom is 0.220 e. The number of methoxy groups -OCH3 is 1. The first kappa shape index (κ1) is 21.2. The quantitative estimate of drug-likeness (QED) is 0.572. The topological polar surface area (TPSA) is 69.7 Å². The number of rotatable bonds is 7. The number of aromatic nitrogens is 1. The maximum atomic E-state index is 11.5. The Morgan fingerprint density at radius 3 is 2.48 bits per heavy atom. The molecular weight excluding hydrogens is 410 g/mol. The van der Waals surface area contributed by atoms with Gasteiger partial charge in [0.15, 0.2) is 11.5 Å². The SMILES string of the molecule is COc1ccccc1OCCn1cc(C(=S)N2CCC(C(N)=O)CC2)c2ccccc21. The van der Waals surface area contributed by atoms with Crippen LogP contribution in [0.2, 0.25) is 0 Å². The summed E-state index contributed by atoms with van der Waals surface area (Å²) in [5.41, 5.74) is 7.63. The molecule has 2 heterocycles. The number of primary amides is 1. The number of para-hydroxylation sites is 3. The third kappa shape index (κ3) is 4.51. The van der Waals surface area contributed by atoms with Crippen molar-refractivity contribution in [2.24, 2.45) is 11.7 Å². The van der Waals surface area contributed by atoms with Gasteiger partial charge < -0.3 is 24.7 Å². The lowest BCUT2D eigenvalue weighted by Crippen LogP contribution is -2.41. The molecule has 4 rings (SSSR count). The molecule has 1 aliphatic heterocycles. The Kier molecular flexibility index (Phi) is 6.42. The summed E-state index contributed by atoms with van der Waals surface area (Å²) >= 11 is 5.86. The predicted molar refractivity (Wildman–Crippen MR) is 126 cm³/mol. The van der Waals surface area contributed by atoms with Gasteiger partial charge in [0.1, 0.15) is 11.6 Å². The summed E-state index contributed by atoms with van der Waals surface area (Å²) in [6.07, 6.45) is 3.61. The Bertz CT molecular complexity index is 1090. The van der Waals surface area contributed by atoms with E-state index in [9.17, 15) is 4.79 Å². The lowest BCUT2D eigenvalue weighted by molar-refractivity contribution is -0.122. The average Bonchev–Trinajstić information content (AvgIpc) is 3.17. The predicted octanol–water partition coefficient (Wildman–Crippen LogP) is 3.60. The zero-order valence-electron chi connectivity index (χ0n) is 17.6. The van der Waals surface area contributed by atoms with Gasteiger partial charge >= 0.3 is 0 Å². The highest BCUT2D eigenvalue weighted by atomic mass is 32.1. The van der Waals surface area contributed by atoms with E-state index in [0.717, 1.165) is 58.9 Å². The van der Waals surface area contributed by atoms with Crippen LogP contribution in [0.3, 0.4) is 0 Å². The molecule has 0 saturated carbocycles. The molecular formula is C24H27N3O3S. The largest absolute Gasteiger partial charge is 0.493 e. The number of amides is 1. The number of piperidine rings is 1. The molecule has 6 nitrogen and oxygen atoms in total. The number of hydrogen-bond donors (Lipinski definition) is 1. The lowest BCUT2D eigenvalue weighted by Gasteiger charge is -2.32. The summed E-state index contributed by atoms with van der Waals surface area (Å²) in [6.45, 7) is 2.70. The number of carbonyl (C=O) groups excluding carboxylic acids is 1. The van der Waals surface area contributed by atoms with E-state index >= 15 is 0 Å². The standard InChI is InChI=1S/C24H27N3O3S/c1-29-21-8-4-5-9-22(21)30-15-14-27-16-19(18-6-2-3-7-20(18)27)24(31)26-12-10-17(11-13-26)23(25)28/h2-9,16-17H,10-15H2,1H3,(H2,25,28). The maximum absolute atomic E-state index is 11.5. The van der Waals surface area contributed by atoms with Crippen LogP contribution >= 0.6 is 12.2 Å². The van der Waals surface area contributed by atoms with Crippen molar-refractivity contribution in [2.75, 3.05) is 26.8 Å². The molecule has 0 unspecified atom stereocenters. The Balaban J connectivity index is 1.50. The molecule has 31 heavy (non-hydrogen) atoms. The number of fused-ring (bicyclic) bond motifs is 1. The second-order valence-corrected chi connectivity index (χ2v) is 8.11. The van der Waals surface area contributed by atoms with Crippen molar-refractivity contribution >= 4 is 34.0 Å². The molecule has 0 atom stereocenters. The van der Waals surface area contributed by atoms with E-state index in [1.807, 2.05) is 36.4 Å². The molecule has 162 valence electrons. The van der Waals surface area contributed by atoms with Crippen LogP contribution in [-0.2, 0) is 11.3 Å². The first-order chi connectivity index (χ1) is 15.1. The van der Waals surface area contributed by atoms with E-state index in [1.54, 1.807) is 7.11 Å². The van der Waals surface area contributed by atoms with Crippen molar-refractivity contribution in [3.63, 3.8) is 0 Å². The normalized spacial score (nSPS) is 14.5. The Labute approximate surface area is 187 Å². The number of hydrogen-bond acceptors (Lipinski definition) is 4. The monoisotopic (exact) mass is 437 g/mol. The van der Waals surface area contributed by atoms with Crippen molar-refractivity contribution in [3.8, 4) is 11.5 Å². The number of thiocarbonyl (C=S) groups is 1.